The molecule has 27 heavy (non-hydrogen) atoms. The minimum Gasteiger partial charge on any atom is -0.369 e. The van der Waals surface area contributed by atoms with Crippen LogP contribution < -0.4 is 21.3 Å². The van der Waals surface area contributed by atoms with E-state index >= 15 is 0 Å². The number of anilines is 4. The van der Waals surface area contributed by atoms with Crippen molar-refractivity contribution in [2.75, 3.05) is 28.6 Å². The third kappa shape index (κ3) is 4.07. The number of hydrogen-bond acceptors (Lipinski definition) is 7. The lowest BCUT2D eigenvalue weighted by Gasteiger charge is -2.29. The van der Waals surface area contributed by atoms with Crippen LogP contribution in [0.5, 0.6) is 0 Å². The standard InChI is InChI=1S/C18H22FN7O/c19-13-10-12(6-7-14(13)26-8-2-1-3-9-26)22-18-23-17(21-11-4-5-11)15(16(20)27)24-25-18/h6-7,10-11H,1-5,8-9H2,(H2,20,27)(H2,21,22,23,25). The molecule has 1 amide bonds. The molecule has 1 aliphatic heterocycles. The van der Waals surface area contributed by atoms with Crippen molar-refractivity contribution in [1.29, 1.82) is 0 Å². The van der Waals surface area contributed by atoms with Crippen LogP contribution in [0.3, 0.4) is 0 Å². The second-order valence-corrected chi connectivity index (χ2v) is 6.95. The zero-order valence-corrected chi connectivity index (χ0v) is 14.9. The van der Waals surface area contributed by atoms with E-state index in [0.29, 0.717) is 17.2 Å². The van der Waals surface area contributed by atoms with Crippen LogP contribution in [0, 0.1) is 5.82 Å². The molecule has 9 heteroatoms. The van der Waals surface area contributed by atoms with E-state index in [1.807, 2.05) is 0 Å². The first-order chi connectivity index (χ1) is 13.1. The van der Waals surface area contributed by atoms with Crippen molar-refractivity contribution in [1.82, 2.24) is 15.2 Å². The van der Waals surface area contributed by atoms with Gasteiger partial charge < -0.3 is 21.3 Å². The molecule has 2 fully saturated rings. The SMILES string of the molecule is NC(=O)c1nnc(Nc2ccc(N3CCCCC3)c(F)c2)nc1NC1CC1. The Kier molecular flexibility index (Phi) is 4.74. The van der Waals surface area contributed by atoms with Gasteiger partial charge in [0.05, 0.1) is 5.69 Å². The highest BCUT2D eigenvalue weighted by Crippen LogP contribution is 2.28. The molecule has 0 unspecified atom stereocenters. The third-order valence-electron chi connectivity index (χ3n) is 4.74. The molecule has 1 aromatic carbocycles. The molecule has 4 N–H and O–H groups in total. The van der Waals surface area contributed by atoms with Gasteiger partial charge in [-0.3, -0.25) is 4.79 Å². The Bertz CT molecular complexity index is 850. The number of nitrogens with two attached hydrogens (primary N) is 1. The van der Waals surface area contributed by atoms with E-state index in [4.69, 9.17) is 5.73 Å². The fourth-order valence-corrected chi connectivity index (χ4v) is 3.17. The monoisotopic (exact) mass is 371 g/mol. The van der Waals surface area contributed by atoms with Crippen molar-refractivity contribution in [3.63, 3.8) is 0 Å². The highest BCUT2D eigenvalue weighted by Gasteiger charge is 2.25. The van der Waals surface area contributed by atoms with Crippen LogP contribution in [0.4, 0.5) is 27.5 Å². The van der Waals surface area contributed by atoms with E-state index in [-0.39, 0.29) is 23.5 Å². The maximum Gasteiger partial charge on any atom is 0.273 e. The minimum absolute atomic E-state index is 0.000855. The lowest BCUT2D eigenvalue weighted by atomic mass is 10.1. The average molecular weight is 371 g/mol. The number of amides is 1. The summed E-state index contributed by atoms with van der Waals surface area (Å²) in [5, 5.41) is 13.8. The van der Waals surface area contributed by atoms with Gasteiger partial charge in [-0.2, -0.15) is 4.98 Å². The van der Waals surface area contributed by atoms with Crippen molar-refractivity contribution in [3.8, 4) is 0 Å². The Morgan fingerprint density at radius 2 is 1.96 bits per heavy atom. The number of nitrogens with zero attached hydrogens (tertiary/aromatic N) is 4. The fourth-order valence-electron chi connectivity index (χ4n) is 3.17. The van der Waals surface area contributed by atoms with Crippen molar-refractivity contribution in [3.05, 3.63) is 29.7 Å². The maximum atomic E-state index is 14.6. The Morgan fingerprint density at radius 1 is 1.19 bits per heavy atom. The number of aromatic nitrogens is 3. The summed E-state index contributed by atoms with van der Waals surface area (Å²) in [5.41, 5.74) is 6.45. The second kappa shape index (κ2) is 7.34. The third-order valence-corrected chi connectivity index (χ3v) is 4.74. The fraction of sp³-hybridized carbons (Fsp3) is 0.444. The molecule has 4 rings (SSSR count). The van der Waals surface area contributed by atoms with Gasteiger partial charge in [0, 0.05) is 24.8 Å². The van der Waals surface area contributed by atoms with Gasteiger partial charge in [-0.05, 0) is 50.3 Å². The summed E-state index contributed by atoms with van der Waals surface area (Å²) in [6.45, 7) is 1.75. The van der Waals surface area contributed by atoms with E-state index in [9.17, 15) is 9.18 Å². The molecule has 0 radical (unpaired) electrons. The number of rotatable bonds is 6. The van der Waals surface area contributed by atoms with Gasteiger partial charge in [-0.1, -0.05) is 0 Å². The molecule has 2 aromatic rings. The summed E-state index contributed by atoms with van der Waals surface area (Å²) in [7, 11) is 0. The van der Waals surface area contributed by atoms with Crippen molar-refractivity contribution in [2.45, 2.75) is 38.1 Å². The van der Waals surface area contributed by atoms with E-state index in [2.05, 4.69) is 30.7 Å². The molecule has 1 aliphatic carbocycles. The molecule has 1 saturated carbocycles. The molecule has 142 valence electrons. The summed E-state index contributed by atoms with van der Waals surface area (Å²) in [4.78, 5) is 17.8. The molecule has 0 atom stereocenters. The number of piperidine rings is 1. The number of primary amides is 1. The van der Waals surface area contributed by atoms with Crippen molar-refractivity contribution >= 4 is 29.0 Å². The Hall–Kier alpha value is -2.97. The van der Waals surface area contributed by atoms with Gasteiger partial charge in [0.15, 0.2) is 11.5 Å². The first kappa shape index (κ1) is 17.4. The van der Waals surface area contributed by atoms with Crippen molar-refractivity contribution in [2.24, 2.45) is 5.73 Å². The number of halogens is 1. The number of benzene rings is 1. The quantitative estimate of drug-likeness (QED) is 0.715. The van der Waals surface area contributed by atoms with E-state index in [0.717, 1.165) is 38.8 Å². The maximum absolute atomic E-state index is 14.6. The van der Waals surface area contributed by atoms with Crippen LogP contribution in [0.1, 0.15) is 42.6 Å². The van der Waals surface area contributed by atoms with Crippen LogP contribution in [-0.4, -0.2) is 40.2 Å². The largest absolute Gasteiger partial charge is 0.369 e. The van der Waals surface area contributed by atoms with E-state index in [1.54, 1.807) is 12.1 Å². The van der Waals surface area contributed by atoms with Crippen LogP contribution in [0.15, 0.2) is 18.2 Å². The Balaban J connectivity index is 1.52. The summed E-state index contributed by atoms with van der Waals surface area (Å²) in [6.07, 6.45) is 5.38. The highest BCUT2D eigenvalue weighted by molar-refractivity contribution is 5.95. The highest BCUT2D eigenvalue weighted by atomic mass is 19.1. The van der Waals surface area contributed by atoms with Gasteiger partial charge in [-0.15, -0.1) is 10.2 Å². The summed E-state index contributed by atoms with van der Waals surface area (Å²) in [6, 6.07) is 5.24. The molecule has 8 nitrogen and oxygen atoms in total. The van der Waals surface area contributed by atoms with Crippen molar-refractivity contribution < 1.29 is 9.18 Å². The van der Waals surface area contributed by atoms with Gasteiger partial charge >= 0.3 is 0 Å². The topological polar surface area (TPSA) is 109 Å². The Labute approximate surface area is 156 Å². The van der Waals surface area contributed by atoms with Crippen LogP contribution in [0.25, 0.3) is 0 Å². The normalized spacial score (nSPS) is 16.9. The lowest BCUT2D eigenvalue weighted by molar-refractivity contribution is 0.0995. The van der Waals surface area contributed by atoms with E-state index < -0.39 is 5.91 Å². The number of nitrogens with one attached hydrogen (secondary N) is 2. The molecule has 0 spiro atoms. The minimum atomic E-state index is -0.693. The molecule has 2 aliphatic rings. The number of carbonyl (C=O) groups is 1. The van der Waals surface area contributed by atoms with E-state index in [1.165, 1.54) is 12.5 Å². The smallest absolute Gasteiger partial charge is 0.273 e. The molecule has 1 saturated heterocycles. The molecule has 0 bridgehead atoms. The molecular formula is C18H22FN7O. The predicted octanol–water partition coefficient (Wildman–Crippen LogP) is 2.42. The summed E-state index contributed by atoms with van der Waals surface area (Å²) >= 11 is 0. The summed E-state index contributed by atoms with van der Waals surface area (Å²) in [5.74, 6) is -0.511. The second-order valence-electron chi connectivity index (χ2n) is 6.95. The number of carbonyl (C=O) groups excluding carboxylic acids is 1. The zero-order valence-electron chi connectivity index (χ0n) is 14.9. The number of hydrogen-bond donors (Lipinski definition) is 3. The first-order valence-electron chi connectivity index (χ1n) is 9.23. The van der Waals surface area contributed by atoms with Gasteiger partial charge in [0.1, 0.15) is 5.82 Å². The molecule has 1 aromatic heterocycles. The lowest BCUT2D eigenvalue weighted by Crippen LogP contribution is -2.30. The molecule has 2 heterocycles. The van der Waals surface area contributed by atoms with Crippen LogP contribution in [0.2, 0.25) is 0 Å². The van der Waals surface area contributed by atoms with Gasteiger partial charge in [0.2, 0.25) is 5.95 Å². The molecular weight excluding hydrogens is 349 g/mol. The van der Waals surface area contributed by atoms with Gasteiger partial charge in [-0.25, -0.2) is 4.39 Å². The van der Waals surface area contributed by atoms with Crippen LogP contribution in [-0.2, 0) is 0 Å². The van der Waals surface area contributed by atoms with Gasteiger partial charge in [0.25, 0.3) is 5.91 Å². The zero-order chi connectivity index (χ0) is 18.8. The predicted molar refractivity (Wildman–Crippen MR) is 101 cm³/mol. The summed E-state index contributed by atoms with van der Waals surface area (Å²) < 4.78 is 14.6. The average Bonchev–Trinajstić information content (AvgIpc) is 3.46. The first-order valence-corrected chi connectivity index (χ1v) is 9.23. The Morgan fingerprint density at radius 3 is 2.63 bits per heavy atom. The van der Waals surface area contributed by atoms with Crippen LogP contribution >= 0.6 is 0 Å².